The summed E-state index contributed by atoms with van der Waals surface area (Å²) < 4.78 is 11.6. The third kappa shape index (κ3) is 3.08. The highest BCUT2D eigenvalue weighted by molar-refractivity contribution is 6.18. The molecule has 2 fully saturated rings. The van der Waals surface area contributed by atoms with Crippen LogP contribution < -0.4 is 0 Å². The lowest BCUT2D eigenvalue weighted by molar-refractivity contribution is 0.124. The van der Waals surface area contributed by atoms with Crippen molar-refractivity contribution in [2.75, 3.05) is 0 Å². The fraction of sp³-hybridized carbons (Fsp3) is 1.00. The zero-order valence-electron chi connectivity index (χ0n) is 8.34. The molecule has 2 nitrogen and oxygen atoms in total. The second-order valence-corrected chi connectivity index (χ2v) is 5.17. The van der Waals surface area contributed by atoms with Gasteiger partial charge in [-0.3, -0.25) is 0 Å². The Morgan fingerprint density at radius 2 is 1.08 bits per heavy atom. The van der Waals surface area contributed by atoms with Crippen LogP contribution in [-0.4, -0.2) is 22.2 Å². The Balaban J connectivity index is 1.52. The molecular weight excluding hydrogens is 180 g/mol. The molecule has 0 aromatic heterocycles. The lowest BCUT2D eigenvalue weighted by Gasteiger charge is -2.14. The van der Waals surface area contributed by atoms with Crippen LogP contribution >= 0.6 is 0 Å². The molecule has 0 saturated heterocycles. The summed E-state index contributed by atoms with van der Waals surface area (Å²) >= 11 is 0. The molecule has 0 aliphatic heterocycles. The largest absolute Gasteiger partial charge is 0.396 e. The highest BCUT2D eigenvalue weighted by Gasteiger charge is 2.18. The Morgan fingerprint density at radius 3 is 1.46 bits per heavy atom. The van der Waals surface area contributed by atoms with Crippen LogP contribution in [-0.2, 0) is 8.85 Å². The van der Waals surface area contributed by atoms with Crippen molar-refractivity contribution >= 4 is 10.0 Å². The summed E-state index contributed by atoms with van der Waals surface area (Å²) in [5, 5.41) is 0. The molecule has 3 heteroatoms. The Hall–Kier alpha value is 0.137. The summed E-state index contributed by atoms with van der Waals surface area (Å²) in [6.45, 7) is 0. The number of hydrogen-bond acceptors (Lipinski definition) is 2. The molecule has 0 unspecified atom stereocenters. The summed E-state index contributed by atoms with van der Waals surface area (Å²) in [5.41, 5.74) is 0. The first-order valence-electron chi connectivity index (χ1n) is 5.68. The lowest BCUT2D eigenvalue weighted by atomic mass is 10.3. The van der Waals surface area contributed by atoms with Crippen molar-refractivity contribution in [3.63, 3.8) is 0 Å². The smallest absolute Gasteiger partial charge is 0.304 e. The van der Waals surface area contributed by atoms with Crippen molar-refractivity contribution in [2.24, 2.45) is 0 Å². The molecule has 0 aromatic rings. The van der Waals surface area contributed by atoms with E-state index in [-0.39, 0.29) is 0 Å². The van der Waals surface area contributed by atoms with Crippen molar-refractivity contribution in [1.29, 1.82) is 0 Å². The lowest BCUT2D eigenvalue weighted by Crippen LogP contribution is -2.18. The molecule has 2 saturated carbocycles. The van der Waals surface area contributed by atoms with Gasteiger partial charge in [0.25, 0.3) is 0 Å². The molecule has 13 heavy (non-hydrogen) atoms. The van der Waals surface area contributed by atoms with Gasteiger partial charge in [0.05, 0.1) is 0 Å². The molecule has 76 valence electrons. The molecule has 0 bridgehead atoms. The number of hydrogen-bond donors (Lipinski definition) is 0. The fourth-order valence-corrected chi connectivity index (χ4v) is 3.47. The van der Waals surface area contributed by atoms with Gasteiger partial charge in [0.1, 0.15) is 0 Å². The first-order valence-corrected chi connectivity index (χ1v) is 6.84. The fourth-order valence-electron chi connectivity index (χ4n) is 2.34. The average Bonchev–Trinajstić information content (AvgIpc) is 2.75. The maximum absolute atomic E-state index is 5.78. The zero-order valence-corrected chi connectivity index (χ0v) is 9.75. The van der Waals surface area contributed by atoms with Crippen LogP contribution in [0.3, 0.4) is 0 Å². The first-order chi connectivity index (χ1) is 6.45. The van der Waals surface area contributed by atoms with Crippen molar-refractivity contribution in [3.05, 3.63) is 0 Å². The predicted octanol–water partition coefficient (Wildman–Crippen LogP) is 1.90. The van der Waals surface area contributed by atoms with Crippen LogP contribution in [0.2, 0.25) is 0 Å². The molecule has 0 N–H and O–H groups in total. The summed E-state index contributed by atoms with van der Waals surface area (Å²) in [4.78, 5) is 0. The predicted molar refractivity (Wildman–Crippen MR) is 55.2 cm³/mol. The number of rotatable bonds is 4. The van der Waals surface area contributed by atoms with Gasteiger partial charge in [0, 0.05) is 12.2 Å². The second kappa shape index (κ2) is 5.13. The highest BCUT2D eigenvalue weighted by Crippen LogP contribution is 2.22. The summed E-state index contributed by atoms with van der Waals surface area (Å²) in [6.07, 6.45) is 11.7. The van der Waals surface area contributed by atoms with E-state index in [4.69, 9.17) is 8.85 Å². The molecule has 0 atom stereocenters. The van der Waals surface area contributed by atoms with Crippen molar-refractivity contribution in [3.8, 4) is 0 Å². The minimum Gasteiger partial charge on any atom is -0.396 e. The Bertz CT molecular complexity index is 124. The Kier molecular flexibility index (Phi) is 3.82. The van der Waals surface area contributed by atoms with E-state index in [0.717, 1.165) is 0 Å². The van der Waals surface area contributed by atoms with Crippen LogP contribution in [0.1, 0.15) is 51.4 Å². The standard InChI is InChI=1S/C10H20O2Si/c1-2-6-9(5-1)11-13-12-10-7-3-4-8-10/h9-10H,1-8,13H2. The van der Waals surface area contributed by atoms with Gasteiger partial charge in [-0.2, -0.15) is 0 Å². The van der Waals surface area contributed by atoms with Crippen LogP contribution in [0.25, 0.3) is 0 Å². The molecule has 2 aliphatic rings. The third-order valence-corrected chi connectivity index (χ3v) is 4.43. The maximum Gasteiger partial charge on any atom is 0.304 e. The maximum atomic E-state index is 5.78. The molecule has 0 radical (unpaired) electrons. The first kappa shape index (κ1) is 9.68. The molecule has 2 aliphatic carbocycles. The molecular formula is C10H20O2Si. The van der Waals surface area contributed by atoms with E-state index in [1.807, 2.05) is 0 Å². The Morgan fingerprint density at radius 1 is 0.692 bits per heavy atom. The zero-order chi connectivity index (χ0) is 8.93. The van der Waals surface area contributed by atoms with Crippen LogP contribution in [0.4, 0.5) is 0 Å². The van der Waals surface area contributed by atoms with Crippen LogP contribution in [0.15, 0.2) is 0 Å². The molecule has 0 heterocycles. The van der Waals surface area contributed by atoms with E-state index in [1.54, 1.807) is 0 Å². The quantitative estimate of drug-likeness (QED) is 0.645. The SMILES string of the molecule is C1CCC(O[SiH2]OC2CCCC2)C1. The highest BCUT2D eigenvalue weighted by atomic mass is 28.3. The van der Waals surface area contributed by atoms with Gasteiger partial charge in [0.2, 0.25) is 0 Å². The average molecular weight is 200 g/mol. The van der Waals surface area contributed by atoms with Gasteiger partial charge in [-0.05, 0) is 25.7 Å². The summed E-state index contributed by atoms with van der Waals surface area (Å²) in [7, 11) is -0.648. The summed E-state index contributed by atoms with van der Waals surface area (Å²) in [5.74, 6) is 0. The van der Waals surface area contributed by atoms with E-state index in [2.05, 4.69) is 0 Å². The third-order valence-electron chi connectivity index (χ3n) is 3.21. The van der Waals surface area contributed by atoms with Gasteiger partial charge in [-0.15, -0.1) is 0 Å². The molecule has 0 aromatic carbocycles. The van der Waals surface area contributed by atoms with Gasteiger partial charge in [-0.25, -0.2) is 0 Å². The minimum atomic E-state index is -0.648. The van der Waals surface area contributed by atoms with Crippen molar-refractivity contribution < 1.29 is 8.85 Å². The van der Waals surface area contributed by atoms with E-state index in [0.29, 0.717) is 12.2 Å². The van der Waals surface area contributed by atoms with Crippen LogP contribution in [0.5, 0.6) is 0 Å². The minimum absolute atomic E-state index is 0.563. The molecule has 2 rings (SSSR count). The monoisotopic (exact) mass is 200 g/mol. The van der Waals surface area contributed by atoms with E-state index in [1.165, 1.54) is 51.4 Å². The Labute approximate surface area is 83.1 Å². The molecule has 0 amide bonds. The molecule has 0 spiro atoms. The normalized spacial score (nSPS) is 25.8. The van der Waals surface area contributed by atoms with Gasteiger partial charge in [-0.1, -0.05) is 25.7 Å². The second-order valence-electron chi connectivity index (χ2n) is 4.26. The van der Waals surface area contributed by atoms with Crippen molar-refractivity contribution in [2.45, 2.75) is 63.6 Å². The van der Waals surface area contributed by atoms with Gasteiger partial charge in [0.15, 0.2) is 0 Å². The van der Waals surface area contributed by atoms with E-state index >= 15 is 0 Å². The van der Waals surface area contributed by atoms with E-state index < -0.39 is 10.0 Å². The van der Waals surface area contributed by atoms with Crippen LogP contribution in [0, 0.1) is 0 Å². The van der Waals surface area contributed by atoms with Crippen molar-refractivity contribution in [1.82, 2.24) is 0 Å². The van der Waals surface area contributed by atoms with Gasteiger partial charge >= 0.3 is 10.0 Å². The van der Waals surface area contributed by atoms with E-state index in [9.17, 15) is 0 Å². The van der Waals surface area contributed by atoms with Gasteiger partial charge < -0.3 is 8.85 Å². The topological polar surface area (TPSA) is 18.5 Å². The summed E-state index contributed by atoms with van der Waals surface area (Å²) in [6, 6.07) is 0.